The normalized spacial score (nSPS) is 11.4. The molecule has 0 aliphatic rings. The Morgan fingerprint density at radius 2 is 1.96 bits per heavy atom. The number of thiophene rings is 1. The van der Waals surface area contributed by atoms with Gasteiger partial charge < -0.3 is 9.88 Å². The minimum absolute atomic E-state index is 0.125. The predicted molar refractivity (Wildman–Crippen MR) is 101 cm³/mol. The third-order valence-corrected chi connectivity index (χ3v) is 6.27. The molecule has 2 rings (SSSR count). The highest BCUT2D eigenvalue weighted by molar-refractivity contribution is 7.89. The highest BCUT2D eigenvalue weighted by Crippen LogP contribution is 2.10. The molecule has 0 saturated heterocycles. The van der Waals surface area contributed by atoms with Crippen molar-refractivity contribution in [3.63, 3.8) is 0 Å². The first-order valence-electron chi connectivity index (χ1n) is 7.93. The molecule has 0 saturated carbocycles. The molecule has 2 N–H and O–H groups in total. The fourth-order valence-electron chi connectivity index (χ4n) is 2.12. The molecule has 9 nitrogen and oxygen atoms in total. The molecule has 11 heteroatoms. The molecule has 146 valence electrons. The van der Waals surface area contributed by atoms with Crippen LogP contribution >= 0.6 is 11.3 Å². The third-order valence-electron chi connectivity index (χ3n) is 3.54. The number of hydrogen-bond donors (Lipinski definition) is 2. The number of pyridine rings is 1. The number of urea groups is 1. The van der Waals surface area contributed by atoms with E-state index < -0.39 is 34.1 Å². The molecule has 0 fully saturated rings. The minimum atomic E-state index is -3.74. The number of carbonyl (C=O) groups excluding carboxylic acids is 2. The van der Waals surface area contributed by atoms with Crippen LogP contribution in [0.1, 0.15) is 4.88 Å². The van der Waals surface area contributed by atoms with Crippen LogP contribution in [-0.4, -0.2) is 49.9 Å². The number of nitrogens with one attached hydrogen (secondary N) is 2. The van der Waals surface area contributed by atoms with Crippen molar-refractivity contribution in [3.05, 3.63) is 51.1 Å². The van der Waals surface area contributed by atoms with Gasteiger partial charge in [0.25, 0.3) is 5.56 Å². The lowest BCUT2D eigenvalue weighted by Crippen LogP contribution is -2.42. The number of aromatic nitrogens is 1. The quantitative estimate of drug-likeness (QED) is 0.675. The summed E-state index contributed by atoms with van der Waals surface area (Å²) in [5.74, 6) is -0.731. The Labute approximate surface area is 160 Å². The summed E-state index contributed by atoms with van der Waals surface area (Å²) in [6, 6.07) is 5.40. The number of rotatable bonds is 7. The zero-order valence-corrected chi connectivity index (χ0v) is 16.5. The highest BCUT2D eigenvalue weighted by Gasteiger charge is 2.19. The molecule has 0 aromatic carbocycles. The first-order chi connectivity index (χ1) is 12.7. The van der Waals surface area contributed by atoms with Gasteiger partial charge in [0.2, 0.25) is 15.9 Å². The average Bonchev–Trinajstić information content (AvgIpc) is 3.09. The molecule has 0 aliphatic heterocycles. The fraction of sp³-hybridized carbons (Fsp3) is 0.312. The van der Waals surface area contributed by atoms with Gasteiger partial charge in [-0.1, -0.05) is 6.07 Å². The first-order valence-corrected chi connectivity index (χ1v) is 10.2. The van der Waals surface area contributed by atoms with E-state index in [1.54, 1.807) is 11.3 Å². The van der Waals surface area contributed by atoms with Gasteiger partial charge in [-0.2, -0.15) is 0 Å². The van der Waals surface area contributed by atoms with E-state index in [9.17, 15) is 22.8 Å². The second-order valence-corrected chi connectivity index (χ2v) is 8.94. The van der Waals surface area contributed by atoms with Gasteiger partial charge in [0.1, 0.15) is 6.54 Å². The monoisotopic (exact) mass is 412 g/mol. The van der Waals surface area contributed by atoms with E-state index in [0.717, 1.165) is 26.0 Å². The van der Waals surface area contributed by atoms with Crippen LogP contribution in [0, 0.1) is 0 Å². The van der Waals surface area contributed by atoms with Crippen molar-refractivity contribution in [2.24, 2.45) is 0 Å². The van der Waals surface area contributed by atoms with Crippen molar-refractivity contribution in [2.45, 2.75) is 17.9 Å². The van der Waals surface area contributed by atoms with Gasteiger partial charge in [0.05, 0.1) is 4.90 Å². The molecule has 0 unspecified atom stereocenters. The number of hydrogen-bond acceptors (Lipinski definition) is 6. The second kappa shape index (κ2) is 8.93. The molecular weight excluding hydrogens is 392 g/mol. The second-order valence-electron chi connectivity index (χ2n) is 5.75. The Hall–Kier alpha value is -2.50. The number of carbonyl (C=O) groups is 2. The van der Waals surface area contributed by atoms with Gasteiger partial charge in [-0.25, -0.2) is 17.5 Å². The number of imide groups is 1. The maximum absolute atomic E-state index is 12.1. The largest absolute Gasteiger partial charge is 0.337 e. The van der Waals surface area contributed by atoms with Crippen LogP contribution in [-0.2, 0) is 27.8 Å². The summed E-state index contributed by atoms with van der Waals surface area (Å²) in [6.07, 6.45) is 1.72. The van der Waals surface area contributed by atoms with Gasteiger partial charge in [-0.05, 0) is 23.9 Å². The Balaban J connectivity index is 1.94. The molecule has 3 amide bonds. The molecule has 27 heavy (non-hydrogen) atoms. The molecule has 0 bridgehead atoms. The van der Waals surface area contributed by atoms with Crippen molar-refractivity contribution in [1.29, 1.82) is 0 Å². The van der Waals surface area contributed by atoms with Crippen LogP contribution in [0.15, 0.2) is 45.5 Å². The summed E-state index contributed by atoms with van der Waals surface area (Å²) in [7, 11) is -1.03. The number of sulfonamides is 1. The minimum Gasteiger partial charge on any atom is -0.337 e. The van der Waals surface area contributed by atoms with Crippen molar-refractivity contribution in [1.82, 2.24) is 19.5 Å². The molecule has 2 aromatic rings. The zero-order chi connectivity index (χ0) is 20.0. The summed E-state index contributed by atoms with van der Waals surface area (Å²) in [5.41, 5.74) is -0.555. The summed E-state index contributed by atoms with van der Waals surface area (Å²) >= 11 is 1.57. The SMILES string of the molecule is CN(C)S(=O)(=O)c1ccc(=O)n(CC(=O)NC(=O)NCCc2cccs2)c1. The Morgan fingerprint density at radius 1 is 1.22 bits per heavy atom. The van der Waals surface area contributed by atoms with Crippen LogP contribution in [0.25, 0.3) is 0 Å². The van der Waals surface area contributed by atoms with E-state index in [2.05, 4.69) is 10.6 Å². The van der Waals surface area contributed by atoms with Gasteiger partial charge in [-0.3, -0.25) is 14.9 Å². The maximum Gasteiger partial charge on any atom is 0.321 e. The standard InChI is InChI=1S/C16H20N4O5S2/c1-19(2)27(24,25)13-5-6-15(22)20(10-13)11-14(21)18-16(23)17-8-7-12-4-3-9-26-12/h3-6,9-10H,7-8,11H2,1-2H3,(H2,17,18,21,23). The average molecular weight is 412 g/mol. The lowest BCUT2D eigenvalue weighted by molar-refractivity contribution is -0.120. The van der Waals surface area contributed by atoms with Gasteiger partial charge in [0.15, 0.2) is 0 Å². The third kappa shape index (κ3) is 5.74. The highest BCUT2D eigenvalue weighted by atomic mass is 32.2. The van der Waals surface area contributed by atoms with Crippen LogP contribution in [0.5, 0.6) is 0 Å². The van der Waals surface area contributed by atoms with Crippen LogP contribution in [0.2, 0.25) is 0 Å². The maximum atomic E-state index is 12.1. The van der Waals surface area contributed by atoms with Crippen molar-refractivity contribution in [3.8, 4) is 0 Å². The predicted octanol–water partition coefficient (Wildman–Crippen LogP) is 0.229. The van der Waals surface area contributed by atoms with Gasteiger partial charge in [0, 0.05) is 37.8 Å². The molecule has 0 atom stereocenters. The van der Waals surface area contributed by atoms with E-state index in [-0.39, 0.29) is 4.90 Å². The Bertz CT molecular complexity index is 965. The van der Waals surface area contributed by atoms with Crippen LogP contribution in [0.3, 0.4) is 0 Å². The molecule has 2 heterocycles. The Morgan fingerprint density at radius 3 is 2.59 bits per heavy atom. The molecular formula is C16H20N4O5S2. The Kier molecular flexibility index (Phi) is 6.88. The number of amides is 3. The van der Waals surface area contributed by atoms with Crippen LogP contribution < -0.4 is 16.2 Å². The van der Waals surface area contributed by atoms with E-state index in [1.165, 1.54) is 20.2 Å². The summed E-state index contributed by atoms with van der Waals surface area (Å²) < 4.78 is 26.2. The lowest BCUT2D eigenvalue weighted by Gasteiger charge is -2.13. The van der Waals surface area contributed by atoms with Crippen LogP contribution in [0.4, 0.5) is 4.79 Å². The van der Waals surface area contributed by atoms with E-state index >= 15 is 0 Å². The first kappa shape index (κ1) is 20.8. The van der Waals surface area contributed by atoms with E-state index in [4.69, 9.17) is 0 Å². The topological polar surface area (TPSA) is 118 Å². The zero-order valence-electron chi connectivity index (χ0n) is 14.8. The fourth-order valence-corrected chi connectivity index (χ4v) is 3.75. The summed E-state index contributed by atoms with van der Waals surface area (Å²) in [6.45, 7) is -0.121. The summed E-state index contributed by atoms with van der Waals surface area (Å²) in [5, 5.41) is 6.59. The van der Waals surface area contributed by atoms with E-state index in [1.807, 2.05) is 17.5 Å². The molecule has 0 radical (unpaired) electrons. The van der Waals surface area contributed by atoms with Crippen molar-refractivity contribution < 1.29 is 18.0 Å². The van der Waals surface area contributed by atoms with Gasteiger partial charge >= 0.3 is 6.03 Å². The van der Waals surface area contributed by atoms with Gasteiger partial charge in [-0.15, -0.1) is 11.3 Å². The molecule has 0 aliphatic carbocycles. The molecule has 0 spiro atoms. The van der Waals surface area contributed by atoms with E-state index in [0.29, 0.717) is 13.0 Å². The van der Waals surface area contributed by atoms with Crippen molar-refractivity contribution in [2.75, 3.05) is 20.6 Å². The lowest BCUT2D eigenvalue weighted by atomic mass is 10.3. The molecule has 2 aromatic heterocycles. The smallest absolute Gasteiger partial charge is 0.321 e. The number of nitrogens with zero attached hydrogens (tertiary/aromatic N) is 2. The van der Waals surface area contributed by atoms with Crippen molar-refractivity contribution >= 4 is 33.3 Å². The summed E-state index contributed by atoms with van der Waals surface area (Å²) in [4.78, 5) is 36.6.